The highest BCUT2D eigenvalue weighted by atomic mass is 19.1. The summed E-state index contributed by atoms with van der Waals surface area (Å²) in [6.07, 6.45) is 0.295. The molecule has 9 heteroatoms. The maximum absolute atomic E-state index is 13.6. The summed E-state index contributed by atoms with van der Waals surface area (Å²) in [6.45, 7) is 0.614. The lowest BCUT2D eigenvalue weighted by Crippen LogP contribution is -2.42. The number of ether oxygens (including phenoxy) is 1. The maximum atomic E-state index is 13.6. The first-order valence-electron chi connectivity index (χ1n) is 10.1. The fourth-order valence-corrected chi connectivity index (χ4v) is 3.41. The van der Waals surface area contributed by atoms with E-state index in [4.69, 9.17) is 10.5 Å². The molecule has 0 aliphatic carbocycles. The van der Waals surface area contributed by atoms with Gasteiger partial charge in [-0.25, -0.2) is 9.18 Å². The zero-order valence-corrected chi connectivity index (χ0v) is 17.7. The van der Waals surface area contributed by atoms with Crippen molar-refractivity contribution < 1.29 is 13.9 Å². The first kappa shape index (κ1) is 23.0. The average Bonchev–Trinajstić information content (AvgIpc) is 2.76. The third kappa shape index (κ3) is 5.50. The van der Waals surface area contributed by atoms with Crippen LogP contribution in [0, 0.1) is 5.82 Å². The van der Waals surface area contributed by atoms with Gasteiger partial charge in [0.1, 0.15) is 11.6 Å². The zero-order valence-electron chi connectivity index (χ0n) is 17.7. The topological polar surface area (TPSA) is 110 Å². The van der Waals surface area contributed by atoms with Gasteiger partial charge < -0.3 is 15.4 Å². The number of nitrogens with one attached hydrogen (secondary N) is 1. The van der Waals surface area contributed by atoms with Gasteiger partial charge in [-0.15, -0.1) is 0 Å². The molecular formula is C23H25FN4O4. The van der Waals surface area contributed by atoms with Crippen LogP contribution >= 0.6 is 0 Å². The normalized spacial score (nSPS) is 10.8. The minimum atomic E-state index is -0.762. The summed E-state index contributed by atoms with van der Waals surface area (Å²) in [6, 6.07) is 14.8. The van der Waals surface area contributed by atoms with Gasteiger partial charge in [-0.05, 0) is 29.7 Å². The molecule has 0 saturated heterocycles. The minimum absolute atomic E-state index is 0.113. The van der Waals surface area contributed by atoms with Crippen molar-refractivity contribution in [1.29, 1.82) is 0 Å². The molecular weight excluding hydrogens is 415 g/mol. The quantitative estimate of drug-likeness (QED) is 0.494. The van der Waals surface area contributed by atoms with E-state index in [0.29, 0.717) is 18.6 Å². The predicted octanol–water partition coefficient (Wildman–Crippen LogP) is 1.92. The number of anilines is 2. The number of nitrogens with two attached hydrogens (primary N) is 1. The van der Waals surface area contributed by atoms with Crippen LogP contribution in [-0.4, -0.2) is 35.7 Å². The molecule has 0 saturated carbocycles. The third-order valence-electron chi connectivity index (χ3n) is 4.94. The third-order valence-corrected chi connectivity index (χ3v) is 4.94. The Bertz CT molecular complexity index is 1190. The van der Waals surface area contributed by atoms with E-state index in [1.165, 1.54) is 34.8 Å². The summed E-state index contributed by atoms with van der Waals surface area (Å²) < 4.78 is 19.8. The SMILES string of the molecule is COCCCN(C(=O)Cc1cccc(F)c1)c1c(N)n(Cc2ccccc2)c(=O)[nH]c1=O. The number of amides is 1. The first-order valence-corrected chi connectivity index (χ1v) is 10.1. The van der Waals surface area contributed by atoms with Crippen molar-refractivity contribution in [2.45, 2.75) is 19.4 Å². The van der Waals surface area contributed by atoms with Crippen molar-refractivity contribution in [3.8, 4) is 0 Å². The predicted molar refractivity (Wildman–Crippen MR) is 120 cm³/mol. The summed E-state index contributed by atoms with van der Waals surface area (Å²) >= 11 is 0. The summed E-state index contributed by atoms with van der Waals surface area (Å²) in [5.41, 5.74) is 5.96. The molecule has 1 amide bonds. The molecule has 0 bridgehead atoms. The zero-order chi connectivity index (χ0) is 23.1. The fraction of sp³-hybridized carbons (Fsp3) is 0.261. The number of carbonyl (C=O) groups is 1. The maximum Gasteiger partial charge on any atom is 0.330 e. The molecule has 3 N–H and O–H groups in total. The van der Waals surface area contributed by atoms with Gasteiger partial charge in [-0.3, -0.25) is 19.1 Å². The Labute approximate surface area is 184 Å². The Balaban J connectivity index is 2.01. The van der Waals surface area contributed by atoms with Gasteiger partial charge in [0.2, 0.25) is 5.91 Å². The molecule has 0 atom stereocenters. The summed E-state index contributed by atoms with van der Waals surface area (Å²) in [4.78, 5) is 41.8. The molecule has 168 valence electrons. The number of halogens is 1. The van der Waals surface area contributed by atoms with Crippen LogP contribution in [0.15, 0.2) is 64.2 Å². The molecule has 32 heavy (non-hydrogen) atoms. The molecule has 2 aromatic carbocycles. The highest BCUT2D eigenvalue weighted by Crippen LogP contribution is 2.20. The van der Waals surface area contributed by atoms with Crippen molar-refractivity contribution >= 4 is 17.4 Å². The second-order valence-electron chi connectivity index (χ2n) is 7.26. The molecule has 3 rings (SSSR count). The molecule has 0 aliphatic heterocycles. The van der Waals surface area contributed by atoms with Crippen molar-refractivity contribution in [3.63, 3.8) is 0 Å². The lowest BCUT2D eigenvalue weighted by molar-refractivity contribution is -0.118. The van der Waals surface area contributed by atoms with Crippen LogP contribution in [0.1, 0.15) is 17.5 Å². The molecule has 0 radical (unpaired) electrons. The van der Waals surface area contributed by atoms with Crippen LogP contribution in [0.4, 0.5) is 15.9 Å². The molecule has 0 spiro atoms. The van der Waals surface area contributed by atoms with Crippen LogP contribution in [-0.2, 0) is 22.5 Å². The van der Waals surface area contributed by atoms with Gasteiger partial charge in [-0.2, -0.15) is 0 Å². The van der Waals surface area contributed by atoms with Crippen molar-refractivity contribution in [2.24, 2.45) is 0 Å². The van der Waals surface area contributed by atoms with Gasteiger partial charge in [-0.1, -0.05) is 42.5 Å². The molecule has 0 fully saturated rings. The number of benzene rings is 2. The van der Waals surface area contributed by atoms with E-state index in [9.17, 15) is 18.8 Å². The number of hydrogen-bond acceptors (Lipinski definition) is 5. The van der Waals surface area contributed by atoms with Crippen LogP contribution < -0.4 is 21.9 Å². The standard InChI is InChI=1S/C23H25FN4O4/c1-32-12-6-11-27(19(29)14-17-9-5-10-18(24)13-17)20-21(25)28(23(31)26-22(20)30)15-16-7-3-2-4-8-16/h2-5,7-10,13H,6,11-12,14-15,25H2,1H3,(H,26,30,31). The molecule has 3 aromatic rings. The fourth-order valence-electron chi connectivity index (χ4n) is 3.41. The number of nitrogen functional groups attached to an aromatic ring is 1. The van der Waals surface area contributed by atoms with E-state index in [2.05, 4.69) is 4.98 Å². The van der Waals surface area contributed by atoms with Gasteiger partial charge in [0.05, 0.1) is 13.0 Å². The van der Waals surface area contributed by atoms with E-state index in [0.717, 1.165) is 5.56 Å². The molecule has 0 aliphatic rings. The summed E-state index contributed by atoms with van der Waals surface area (Å²) in [7, 11) is 1.53. The van der Waals surface area contributed by atoms with Gasteiger partial charge in [0, 0.05) is 20.3 Å². The van der Waals surface area contributed by atoms with E-state index < -0.39 is 23.0 Å². The first-order chi connectivity index (χ1) is 15.4. The second-order valence-corrected chi connectivity index (χ2v) is 7.26. The Morgan fingerprint density at radius 2 is 1.84 bits per heavy atom. The van der Waals surface area contributed by atoms with Gasteiger partial charge in [0.15, 0.2) is 5.69 Å². The van der Waals surface area contributed by atoms with E-state index in [1.807, 2.05) is 30.3 Å². The Morgan fingerprint density at radius 3 is 2.53 bits per heavy atom. The van der Waals surface area contributed by atoms with E-state index in [1.54, 1.807) is 6.07 Å². The Morgan fingerprint density at radius 1 is 1.12 bits per heavy atom. The lowest BCUT2D eigenvalue weighted by atomic mass is 10.1. The number of rotatable bonds is 9. The summed E-state index contributed by atoms with van der Waals surface area (Å²) in [5, 5.41) is 0. The van der Waals surface area contributed by atoms with Crippen LogP contribution in [0.5, 0.6) is 0 Å². The van der Waals surface area contributed by atoms with Crippen molar-refractivity contribution in [1.82, 2.24) is 9.55 Å². The van der Waals surface area contributed by atoms with Crippen molar-refractivity contribution in [3.05, 3.63) is 92.4 Å². The Kier molecular flexibility index (Phi) is 7.56. The highest BCUT2D eigenvalue weighted by Gasteiger charge is 2.24. The molecule has 1 heterocycles. The van der Waals surface area contributed by atoms with Crippen LogP contribution in [0.2, 0.25) is 0 Å². The number of nitrogens with zero attached hydrogens (tertiary/aromatic N) is 2. The number of H-pyrrole nitrogens is 1. The number of hydrogen-bond donors (Lipinski definition) is 2. The minimum Gasteiger partial charge on any atom is -0.385 e. The average molecular weight is 440 g/mol. The Hall–Kier alpha value is -3.72. The molecule has 1 aromatic heterocycles. The van der Waals surface area contributed by atoms with Gasteiger partial charge in [0.25, 0.3) is 5.56 Å². The number of carbonyl (C=O) groups excluding carboxylic acids is 1. The molecule has 8 nitrogen and oxygen atoms in total. The molecule has 0 unspecified atom stereocenters. The largest absolute Gasteiger partial charge is 0.385 e. The van der Waals surface area contributed by atoms with E-state index >= 15 is 0 Å². The van der Waals surface area contributed by atoms with Crippen LogP contribution in [0.3, 0.4) is 0 Å². The smallest absolute Gasteiger partial charge is 0.330 e. The van der Waals surface area contributed by atoms with E-state index in [-0.39, 0.29) is 31.0 Å². The van der Waals surface area contributed by atoms with Crippen molar-refractivity contribution in [2.75, 3.05) is 30.9 Å². The number of aromatic nitrogens is 2. The monoisotopic (exact) mass is 440 g/mol. The van der Waals surface area contributed by atoms with Crippen LogP contribution in [0.25, 0.3) is 0 Å². The second kappa shape index (κ2) is 10.5. The lowest BCUT2D eigenvalue weighted by Gasteiger charge is -2.24. The number of aromatic amines is 1. The number of methoxy groups -OCH3 is 1. The van der Waals surface area contributed by atoms with Gasteiger partial charge >= 0.3 is 5.69 Å². The summed E-state index contributed by atoms with van der Waals surface area (Å²) in [5.74, 6) is -1.03. The highest BCUT2D eigenvalue weighted by molar-refractivity contribution is 5.96.